The standard InChI is InChI=1S/C24H26N6O4/c31-22(30-11-15-6-7-16(12-30)34-15)14-5-8-18(25-9-14)28-24-26-10-17-20(29-24)19(13-3-1-2-4-13)21(27-17)23(32)33/h5,8-10,13,15-16,19H,1-4,6-7,11-12H2,(H,32,33)(H,25,26,28,29). The van der Waals surface area contributed by atoms with Gasteiger partial charge in [-0.2, -0.15) is 0 Å². The fourth-order valence-electron chi connectivity index (χ4n) is 5.68. The molecule has 34 heavy (non-hydrogen) atoms. The molecule has 1 amide bonds. The molecule has 10 nitrogen and oxygen atoms in total. The van der Waals surface area contributed by atoms with Crippen molar-refractivity contribution in [3.05, 3.63) is 35.8 Å². The average molecular weight is 463 g/mol. The van der Waals surface area contributed by atoms with Gasteiger partial charge in [0.25, 0.3) is 5.91 Å². The van der Waals surface area contributed by atoms with Crippen molar-refractivity contribution in [3.8, 4) is 0 Å². The third-order valence-corrected chi connectivity index (χ3v) is 7.30. The summed E-state index contributed by atoms with van der Waals surface area (Å²) < 4.78 is 5.82. The van der Waals surface area contributed by atoms with Crippen LogP contribution in [0, 0.1) is 5.92 Å². The van der Waals surface area contributed by atoms with Gasteiger partial charge in [-0.05, 0) is 43.7 Å². The number of hydrogen-bond acceptors (Lipinski definition) is 8. The van der Waals surface area contributed by atoms with Crippen molar-refractivity contribution in [1.29, 1.82) is 0 Å². The summed E-state index contributed by atoms with van der Waals surface area (Å²) in [6.07, 6.45) is 9.58. The highest BCUT2D eigenvalue weighted by atomic mass is 16.5. The number of fused-ring (bicyclic) bond motifs is 3. The second kappa shape index (κ2) is 8.43. The van der Waals surface area contributed by atoms with E-state index in [1.807, 2.05) is 4.90 Å². The Morgan fingerprint density at radius 2 is 1.79 bits per heavy atom. The summed E-state index contributed by atoms with van der Waals surface area (Å²) in [5.74, 6) is -0.272. The Morgan fingerprint density at radius 1 is 1.03 bits per heavy atom. The molecule has 1 saturated carbocycles. The first-order chi connectivity index (χ1) is 16.5. The molecule has 10 heteroatoms. The monoisotopic (exact) mass is 462 g/mol. The third kappa shape index (κ3) is 3.81. The fourth-order valence-corrected chi connectivity index (χ4v) is 5.68. The smallest absolute Gasteiger partial charge is 0.350 e. The Kier molecular flexibility index (Phi) is 5.24. The number of pyridine rings is 1. The fraction of sp³-hybridized carbons (Fsp3) is 0.500. The molecule has 4 aliphatic rings. The molecule has 3 aliphatic heterocycles. The number of morpholine rings is 1. The highest BCUT2D eigenvalue weighted by molar-refractivity contribution is 6.39. The van der Waals surface area contributed by atoms with Gasteiger partial charge in [-0.25, -0.2) is 24.7 Å². The molecule has 3 atom stereocenters. The first-order valence-electron chi connectivity index (χ1n) is 11.9. The largest absolute Gasteiger partial charge is 0.477 e. The van der Waals surface area contributed by atoms with E-state index in [1.165, 1.54) is 0 Å². The highest BCUT2D eigenvalue weighted by Gasteiger charge is 2.40. The van der Waals surface area contributed by atoms with Crippen LogP contribution in [0.3, 0.4) is 0 Å². The first-order valence-corrected chi connectivity index (χ1v) is 11.9. The molecule has 0 spiro atoms. The number of carbonyl (C=O) groups is 2. The van der Waals surface area contributed by atoms with Crippen LogP contribution in [0.2, 0.25) is 0 Å². The minimum absolute atomic E-state index is 0.0363. The maximum Gasteiger partial charge on any atom is 0.350 e. The number of carboxylic acid groups (broad SMARTS) is 1. The summed E-state index contributed by atoms with van der Waals surface area (Å²) in [6, 6.07) is 3.47. The van der Waals surface area contributed by atoms with Crippen LogP contribution in [0.15, 0.2) is 29.5 Å². The quantitative estimate of drug-likeness (QED) is 0.693. The average Bonchev–Trinajstić information content (AvgIpc) is 3.57. The number of carboxylic acids is 1. The molecule has 2 saturated heterocycles. The highest BCUT2D eigenvalue weighted by Crippen LogP contribution is 2.45. The Bertz CT molecular complexity index is 1150. The van der Waals surface area contributed by atoms with E-state index in [0.717, 1.165) is 38.5 Å². The van der Waals surface area contributed by atoms with Gasteiger partial charge in [0.2, 0.25) is 5.95 Å². The minimum Gasteiger partial charge on any atom is -0.477 e. The summed E-state index contributed by atoms with van der Waals surface area (Å²) in [5.41, 5.74) is 1.87. The van der Waals surface area contributed by atoms with E-state index < -0.39 is 5.97 Å². The van der Waals surface area contributed by atoms with Crippen LogP contribution in [0.5, 0.6) is 0 Å². The zero-order chi connectivity index (χ0) is 23.2. The Hall–Kier alpha value is -3.40. The topological polar surface area (TPSA) is 130 Å². The van der Waals surface area contributed by atoms with E-state index in [-0.39, 0.29) is 35.7 Å². The van der Waals surface area contributed by atoms with E-state index in [0.29, 0.717) is 41.8 Å². The number of nitrogens with one attached hydrogen (secondary N) is 1. The van der Waals surface area contributed by atoms with Gasteiger partial charge in [0.1, 0.15) is 17.2 Å². The van der Waals surface area contributed by atoms with E-state index >= 15 is 0 Å². The van der Waals surface area contributed by atoms with Crippen molar-refractivity contribution in [2.75, 3.05) is 18.4 Å². The molecule has 2 aromatic rings. The van der Waals surface area contributed by atoms with Gasteiger partial charge in [0.05, 0.1) is 35.6 Å². The Balaban J connectivity index is 1.18. The van der Waals surface area contributed by atoms with Gasteiger partial charge in [0.15, 0.2) is 0 Å². The van der Waals surface area contributed by atoms with Gasteiger partial charge in [0, 0.05) is 19.3 Å². The molecule has 0 aromatic carbocycles. The number of amides is 1. The number of aliphatic carboxylic acids is 1. The molecule has 3 unspecified atom stereocenters. The Morgan fingerprint density at radius 3 is 2.47 bits per heavy atom. The number of ether oxygens (including phenoxy) is 1. The maximum absolute atomic E-state index is 12.9. The van der Waals surface area contributed by atoms with Crippen molar-refractivity contribution in [2.45, 2.75) is 56.7 Å². The van der Waals surface area contributed by atoms with Crippen molar-refractivity contribution in [2.24, 2.45) is 10.9 Å². The number of aromatic nitrogens is 3. The van der Waals surface area contributed by atoms with Gasteiger partial charge in [-0.1, -0.05) is 12.8 Å². The van der Waals surface area contributed by atoms with Crippen LogP contribution < -0.4 is 5.32 Å². The van der Waals surface area contributed by atoms with E-state index in [9.17, 15) is 14.7 Å². The molecule has 2 aromatic heterocycles. The van der Waals surface area contributed by atoms with Gasteiger partial charge in [-0.15, -0.1) is 0 Å². The number of anilines is 2. The van der Waals surface area contributed by atoms with Crippen molar-refractivity contribution in [1.82, 2.24) is 19.9 Å². The Labute approximate surface area is 196 Å². The van der Waals surface area contributed by atoms with Crippen LogP contribution in [-0.4, -0.2) is 67.8 Å². The number of rotatable bonds is 5. The van der Waals surface area contributed by atoms with Crippen molar-refractivity contribution >= 4 is 35.0 Å². The molecular formula is C24H26N6O4. The predicted octanol–water partition coefficient (Wildman–Crippen LogP) is 3.06. The lowest BCUT2D eigenvalue weighted by Crippen LogP contribution is -2.45. The van der Waals surface area contributed by atoms with Crippen LogP contribution >= 0.6 is 0 Å². The van der Waals surface area contributed by atoms with E-state index in [1.54, 1.807) is 24.5 Å². The molecular weight excluding hydrogens is 436 g/mol. The second-order valence-electron chi connectivity index (χ2n) is 9.51. The summed E-state index contributed by atoms with van der Waals surface area (Å²) in [5, 5.41) is 12.8. The van der Waals surface area contributed by atoms with Gasteiger partial charge < -0.3 is 20.1 Å². The maximum atomic E-state index is 12.9. The third-order valence-electron chi connectivity index (χ3n) is 7.30. The lowest BCUT2D eigenvalue weighted by molar-refractivity contribution is -0.129. The SMILES string of the molecule is O=C(O)C1=Nc2cnc(Nc3ccc(C(=O)N4CC5CCC(C4)O5)cn3)nc2C1C1CCCC1. The normalized spacial score (nSPS) is 25.8. The minimum atomic E-state index is -1.00. The molecule has 2 N–H and O–H groups in total. The summed E-state index contributed by atoms with van der Waals surface area (Å²) in [7, 11) is 0. The molecule has 3 fully saturated rings. The number of carbonyl (C=O) groups excluding carboxylic acids is 1. The molecule has 1 aliphatic carbocycles. The van der Waals surface area contributed by atoms with Crippen LogP contribution in [0.1, 0.15) is 60.5 Å². The summed E-state index contributed by atoms with van der Waals surface area (Å²) >= 11 is 0. The molecule has 0 radical (unpaired) electrons. The molecule has 6 rings (SSSR count). The second-order valence-corrected chi connectivity index (χ2v) is 9.51. The lowest BCUT2D eigenvalue weighted by Gasteiger charge is -2.32. The van der Waals surface area contributed by atoms with E-state index in [4.69, 9.17) is 4.74 Å². The number of likely N-dealkylation sites (tertiary alicyclic amines) is 1. The zero-order valence-corrected chi connectivity index (χ0v) is 18.7. The predicted molar refractivity (Wildman–Crippen MR) is 123 cm³/mol. The van der Waals surface area contributed by atoms with Crippen LogP contribution in [0.4, 0.5) is 17.5 Å². The molecule has 176 valence electrons. The zero-order valence-electron chi connectivity index (χ0n) is 18.7. The van der Waals surface area contributed by atoms with Gasteiger partial charge in [-0.3, -0.25) is 4.79 Å². The van der Waals surface area contributed by atoms with Crippen LogP contribution in [-0.2, 0) is 9.53 Å². The molecule has 5 heterocycles. The van der Waals surface area contributed by atoms with Crippen molar-refractivity contribution in [3.63, 3.8) is 0 Å². The molecule has 2 bridgehead atoms. The summed E-state index contributed by atoms with van der Waals surface area (Å²) in [6.45, 7) is 1.25. The number of nitrogens with zero attached hydrogens (tertiary/aromatic N) is 5. The number of hydrogen-bond donors (Lipinski definition) is 2. The van der Waals surface area contributed by atoms with Crippen LogP contribution in [0.25, 0.3) is 0 Å². The van der Waals surface area contributed by atoms with E-state index in [2.05, 4.69) is 25.3 Å². The summed E-state index contributed by atoms with van der Waals surface area (Å²) in [4.78, 5) is 44.2. The lowest BCUT2D eigenvalue weighted by atomic mass is 9.85. The van der Waals surface area contributed by atoms with Crippen molar-refractivity contribution < 1.29 is 19.4 Å². The number of aliphatic imine (C=N–C) groups is 1. The van der Waals surface area contributed by atoms with Gasteiger partial charge >= 0.3 is 5.97 Å². The first kappa shape index (κ1) is 21.2.